The maximum absolute atomic E-state index is 14.5. The summed E-state index contributed by atoms with van der Waals surface area (Å²) >= 11 is 0. The number of phenols is 1. The number of aliphatic hydroxyl groups is 2. The number of aliphatic hydroxyl groups excluding tert-OH is 1. The minimum atomic E-state index is -2.98. The summed E-state index contributed by atoms with van der Waals surface area (Å²) in [6, 6.07) is 13.8. The fraction of sp³-hybridized carbons (Fsp3) is 0.469. The smallest absolute Gasteiger partial charge is 0.191 e. The van der Waals surface area contributed by atoms with Crippen molar-refractivity contribution in [2.75, 3.05) is 0 Å². The quantitative estimate of drug-likeness (QED) is 0.496. The molecule has 3 aliphatic carbocycles. The third kappa shape index (κ3) is 3.23. The number of hydrogen-bond donors (Lipinski definition) is 3. The number of carbonyl (C=O) groups excluding carboxylic acids is 5. The van der Waals surface area contributed by atoms with Crippen LogP contribution >= 0.6 is 0 Å². The van der Waals surface area contributed by atoms with E-state index in [0.717, 1.165) is 12.5 Å². The topological polar surface area (TPSA) is 146 Å². The third-order valence-corrected chi connectivity index (χ3v) is 10.1. The van der Waals surface area contributed by atoms with Crippen LogP contribution in [-0.2, 0) is 25.6 Å². The van der Waals surface area contributed by atoms with Crippen LogP contribution in [0.5, 0.6) is 5.75 Å². The van der Waals surface area contributed by atoms with E-state index in [1.54, 1.807) is 32.9 Å². The number of rotatable bonds is 4. The van der Waals surface area contributed by atoms with Crippen LogP contribution in [0.3, 0.4) is 0 Å². The Balaban J connectivity index is 1.84. The Labute approximate surface area is 232 Å². The summed E-state index contributed by atoms with van der Waals surface area (Å²) in [4.78, 5) is 68.8. The molecular formula is C32H34O8. The zero-order chi connectivity index (χ0) is 29.5. The molecule has 0 heterocycles. The minimum Gasteiger partial charge on any atom is -0.507 e. The fourth-order valence-corrected chi connectivity index (χ4v) is 8.33. The highest BCUT2D eigenvalue weighted by Crippen LogP contribution is 2.67. The molecule has 2 aromatic rings. The summed E-state index contributed by atoms with van der Waals surface area (Å²) in [6.07, 6.45) is -1.44. The second-order valence-corrected chi connectivity index (χ2v) is 12.4. The largest absolute Gasteiger partial charge is 0.507 e. The standard InChI is InChI=1S/C32H34O8/c1-15(2)23-25(35)21(16(3)33)27(37)32(40)28(38)24-26(36)22-18(12-9-13-20(22)34)19(14-17-10-7-6-8-11-17)30(24,4)29(39)31(23,32)5/h6-13,15,19,21,23-24,29,34,39-40H,14H2,1-5H3/t19-,21?,23?,24?,29-,30+,31+,32+/m1/s1. The fourth-order valence-electron chi connectivity index (χ4n) is 8.33. The van der Waals surface area contributed by atoms with Gasteiger partial charge in [0.25, 0.3) is 0 Å². The van der Waals surface area contributed by atoms with Gasteiger partial charge in [-0.2, -0.15) is 0 Å². The number of benzene rings is 2. The average molecular weight is 547 g/mol. The van der Waals surface area contributed by atoms with E-state index in [2.05, 4.69) is 0 Å². The van der Waals surface area contributed by atoms with Crippen LogP contribution in [0.15, 0.2) is 48.5 Å². The second kappa shape index (κ2) is 9.01. The second-order valence-electron chi connectivity index (χ2n) is 12.4. The SMILES string of the molecule is CC(=O)C1C(=O)C(C(C)C)[C@@]2(C)[C@H](O)[C@]3(C)C(C(=O)c4c(O)cccc4[C@H]3Cc3ccccc3)C(=O)[C@@]2(O)C1=O. The Morgan fingerprint density at radius 2 is 1.57 bits per heavy atom. The van der Waals surface area contributed by atoms with E-state index in [0.29, 0.717) is 5.56 Å². The number of aromatic hydroxyl groups is 1. The van der Waals surface area contributed by atoms with E-state index in [4.69, 9.17) is 0 Å². The number of ketones is 5. The summed E-state index contributed by atoms with van der Waals surface area (Å²) in [6.45, 7) is 7.35. The van der Waals surface area contributed by atoms with Gasteiger partial charge in [0.05, 0.1) is 17.6 Å². The number of fused-ring (bicyclic) bond motifs is 3. The molecule has 0 aromatic heterocycles. The molecule has 8 heteroatoms. The van der Waals surface area contributed by atoms with Gasteiger partial charge in [0, 0.05) is 16.7 Å². The Morgan fingerprint density at radius 3 is 2.15 bits per heavy atom. The zero-order valence-electron chi connectivity index (χ0n) is 23.2. The first-order chi connectivity index (χ1) is 18.7. The number of phenolic OH excluding ortho intramolecular Hbond substituents is 1. The van der Waals surface area contributed by atoms with Gasteiger partial charge in [-0.1, -0.05) is 70.2 Å². The van der Waals surface area contributed by atoms with Crippen molar-refractivity contribution in [3.63, 3.8) is 0 Å². The molecule has 8 atom stereocenters. The molecule has 40 heavy (non-hydrogen) atoms. The Hall–Kier alpha value is -3.49. The summed E-state index contributed by atoms with van der Waals surface area (Å²) in [7, 11) is 0. The lowest BCUT2D eigenvalue weighted by Crippen LogP contribution is -2.82. The van der Waals surface area contributed by atoms with Crippen LogP contribution in [0.1, 0.15) is 62.0 Å². The third-order valence-electron chi connectivity index (χ3n) is 10.1. The first kappa shape index (κ1) is 28.1. The monoisotopic (exact) mass is 546 g/mol. The molecule has 0 aliphatic heterocycles. The molecule has 2 saturated carbocycles. The van der Waals surface area contributed by atoms with Crippen LogP contribution in [0, 0.1) is 34.5 Å². The summed E-state index contributed by atoms with van der Waals surface area (Å²) in [5, 5.41) is 35.4. The molecule has 5 rings (SSSR count). The Morgan fingerprint density at radius 1 is 0.950 bits per heavy atom. The van der Waals surface area contributed by atoms with Gasteiger partial charge in [0.2, 0.25) is 0 Å². The Kier molecular flexibility index (Phi) is 6.32. The van der Waals surface area contributed by atoms with Gasteiger partial charge in [-0.15, -0.1) is 0 Å². The van der Waals surface area contributed by atoms with Crippen molar-refractivity contribution < 1.29 is 39.3 Å². The number of carbonyl (C=O) groups is 5. The van der Waals surface area contributed by atoms with Gasteiger partial charge in [0.15, 0.2) is 28.7 Å². The molecule has 0 radical (unpaired) electrons. The van der Waals surface area contributed by atoms with Crippen LogP contribution < -0.4 is 0 Å². The molecule has 0 amide bonds. The van der Waals surface area contributed by atoms with Crippen LogP contribution in [0.25, 0.3) is 0 Å². The Bertz CT molecular complexity index is 1460. The maximum atomic E-state index is 14.5. The van der Waals surface area contributed by atoms with Crippen molar-refractivity contribution in [1.29, 1.82) is 0 Å². The van der Waals surface area contributed by atoms with Crippen LogP contribution in [0.2, 0.25) is 0 Å². The van der Waals surface area contributed by atoms with E-state index in [1.165, 1.54) is 13.0 Å². The van der Waals surface area contributed by atoms with Crippen molar-refractivity contribution in [3.8, 4) is 5.75 Å². The molecule has 210 valence electrons. The van der Waals surface area contributed by atoms with Gasteiger partial charge < -0.3 is 15.3 Å². The van der Waals surface area contributed by atoms with Crippen molar-refractivity contribution in [2.45, 2.75) is 58.7 Å². The highest BCUT2D eigenvalue weighted by molar-refractivity contribution is 6.32. The van der Waals surface area contributed by atoms with Gasteiger partial charge in [-0.3, -0.25) is 24.0 Å². The molecule has 0 saturated heterocycles. The van der Waals surface area contributed by atoms with Crippen molar-refractivity contribution in [2.24, 2.45) is 34.5 Å². The van der Waals surface area contributed by atoms with Crippen molar-refractivity contribution in [1.82, 2.24) is 0 Å². The van der Waals surface area contributed by atoms with Gasteiger partial charge in [-0.05, 0) is 42.4 Å². The zero-order valence-corrected chi connectivity index (χ0v) is 23.2. The highest BCUT2D eigenvalue weighted by Gasteiger charge is 2.80. The molecule has 2 fully saturated rings. The number of Topliss-reactive ketones (excluding diaryl/α,β-unsaturated/α-hetero) is 5. The van der Waals surface area contributed by atoms with Gasteiger partial charge in [0.1, 0.15) is 17.5 Å². The minimum absolute atomic E-state index is 0.0958. The molecule has 0 bridgehead atoms. The van der Waals surface area contributed by atoms with Crippen molar-refractivity contribution in [3.05, 3.63) is 65.2 Å². The first-order valence-electron chi connectivity index (χ1n) is 13.6. The average Bonchev–Trinajstić information content (AvgIpc) is 2.88. The molecule has 3 unspecified atom stereocenters. The molecule has 8 nitrogen and oxygen atoms in total. The number of hydrogen-bond acceptors (Lipinski definition) is 8. The lowest BCUT2D eigenvalue weighted by Gasteiger charge is -2.65. The summed E-state index contributed by atoms with van der Waals surface area (Å²) < 4.78 is 0. The van der Waals surface area contributed by atoms with E-state index in [-0.39, 0.29) is 17.7 Å². The van der Waals surface area contributed by atoms with Crippen LogP contribution in [-0.4, -0.2) is 55.9 Å². The van der Waals surface area contributed by atoms with Crippen molar-refractivity contribution >= 4 is 28.9 Å². The summed E-state index contributed by atoms with van der Waals surface area (Å²) in [5.74, 6) is -11.3. The van der Waals surface area contributed by atoms with Crippen LogP contribution in [0.4, 0.5) is 0 Å². The van der Waals surface area contributed by atoms with E-state index < -0.39 is 81.0 Å². The predicted molar refractivity (Wildman–Crippen MR) is 144 cm³/mol. The lowest BCUT2D eigenvalue weighted by atomic mass is 9.37. The normalized spacial score (nSPS) is 37.1. The van der Waals surface area contributed by atoms with E-state index in [9.17, 15) is 39.3 Å². The molecular weight excluding hydrogens is 512 g/mol. The molecule has 0 spiro atoms. The van der Waals surface area contributed by atoms with E-state index in [1.807, 2.05) is 30.3 Å². The van der Waals surface area contributed by atoms with Gasteiger partial charge in [-0.25, -0.2) is 0 Å². The lowest BCUT2D eigenvalue weighted by molar-refractivity contribution is -0.241. The first-order valence-corrected chi connectivity index (χ1v) is 13.6. The van der Waals surface area contributed by atoms with E-state index >= 15 is 0 Å². The molecule has 2 aromatic carbocycles. The molecule has 3 aliphatic rings. The highest BCUT2D eigenvalue weighted by atomic mass is 16.3. The summed E-state index contributed by atoms with van der Waals surface area (Å²) in [5.41, 5.74) is -5.42. The predicted octanol–water partition coefficient (Wildman–Crippen LogP) is 2.85. The van der Waals surface area contributed by atoms with Gasteiger partial charge >= 0.3 is 0 Å². The maximum Gasteiger partial charge on any atom is 0.191 e. The molecule has 3 N–H and O–H groups in total.